The van der Waals surface area contributed by atoms with Crippen LogP contribution in [0.1, 0.15) is 11.1 Å². The van der Waals surface area contributed by atoms with E-state index in [1.165, 1.54) is 20.3 Å². The summed E-state index contributed by atoms with van der Waals surface area (Å²) in [6, 6.07) is 7.79. The zero-order valence-corrected chi connectivity index (χ0v) is 20.0. The Morgan fingerprint density at radius 3 is 2.53 bits per heavy atom. The molecule has 0 atom stereocenters. The number of hydrogen-bond acceptors (Lipinski definition) is 6. The average Bonchev–Trinajstić information content (AvgIpc) is 3.03. The molecule has 0 aliphatic carbocycles. The topological polar surface area (TPSA) is 94.2 Å². The van der Waals surface area contributed by atoms with Crippen molar-refractivity contribution in [2.75, 3.05) is 20.8 Å². The van der Waals surface area contributed by atoms with Gasteiger partial charge in [0.1, 0.15) is 18.8 Å². The Bertz CT molecular complexity index is 1120. The van der Waals surface area contributed by atoms with Crippen molar-refractivity contribution in [2.24, 2.45) is 0 Å². The number of ether oxygens (including phenoxy) is 3. The number of imide groups is 1. The first-order chi connectivity index (χ1) is 15.2. The van der Waals surface area contributed by atoms with Crippen molar-refractivity contribution in [3.05, 3.63) is 61.7 Å². The number of rotatable bonds is 7. The molecule has 0 aromatic heterocycles. The van der Waals surface area contributed by atoms with Crippen LogP contribution in [-0.4, -0.2) is 43.6 Å². The summed E-state index contributed by atoms with van der Waals surface area (Å²) in [5.41, 5.74) is 1.37. The maximum absolute atomic E-state index is 12.5. The number of carbonyl (C=O) groups excluding carboxylic acids is 3. The molecule has 0 bridgehead atoms. The number of urea groups is 1. The highest BCUT2D eigenvalue weighted by molar-refractivity contribution is 9.10. The van der Waals surface area contributed by atoms with Crippen LogP contribution in [0.5, 0.6) is 11.5 Å². The van der Waals surface area contributed by atoms with Gasteiger partial charge in [-0.2, -0.15) is 0 Å². The number of nitrogens with one attached hydrogen (secondary N) is 1. The quantitative estimate of drug-likeness (QED) is 0.316. The number of amides is 3. The molecule has 1 fully saturated rings. The Hall–Kier alpha value is -2.75. The summed E-state index contributed by atoms with van der Waals surface area (Å²) in [5.74, 6) is -0.503. The van der Waals surface area contributed by atoms with E-state index in [0.717, 1.165) is 10.5 Å². The molecule has 0 saturated carbocycles. The molecule has 0 radical (unpaired) electrons. The molecule has 2 aromatic rings. The van der Waals surface area contributed by atoms with Gasteiger partial charge >= 0.3 is 12.0 Å². The second-order valence-corrected chi connectivity index (χ2v) is 8.19. The van der Waals surface area contributed by atoms with Gasteiger partial charge in [0.2, 0.25) is 0 Å². The van der Waals surface area contributed by atoms with Gasteiger partial charge in [0.05, 0.1) is 24.3 Å². The zero-order valence-electron chi connectivity index (χ0n) is 16.9. The molecule has 3 rings (SSSR count). The minimum atomic E-state index is -0.712. The third kappa shape index (κ3) is 5.35. The Morgan fingerprint density at radius 2 is 1.88 bits per heavy atom. The van der Waals surface area contributed by atoms with Gasteiger partial charge in [-0.05, 0) is 41.5 Å². The number of methoxy groups -OCH3 is 2. The number of esters is 1. The third-order valence-corrected chi connectivity index (χ3v) is 5.86. The molecule has 11 heteroatoms. The predicted molar refractivity (Wildman–Crippen MR) is 122 cm³/mol. The molecule has 0 spiro atoms. The minimum Gasteiger partial charge on any atom is -0.493 e. The van der Waals surface area contributed by atoms with E-state index in [1.807, 2.05) is 0 Å². The fourth-order valence-corrected chi connectivity index (χ4v) is 3.55. The van der Waals surface area contributed by atoms with Crippen molar-refractivity contribution in [2.45, 2.75) is 6.61 Å². The number of nitrogens with zero attached hydrogens (tertiary/aromatic N) is 1. The SMILES string of the molecule is COC(=O)CN1C(=O)N/C(=C/c2cc(OC)c(OCc3ccc(Cl)c(Cl)c3)cc2Br)C1=O. The van der Waals surface area contributed by atoms with Gasteiger partial charge in [-0.3, -0.25) is 9.59 Å². The van der Waals surface area contributed by atoms with Crippen molar-refractivity contribution in [1.82, 2.24) is 10.2 Å². The minimum absolute atomic E-state index is 0.00568. The van der Waals surface area contributed by atoms with Gasteiger partial charge < -0.3 is 19.5 Å². The van der Waals surface area contributed by atoms with E-state index in [1.54, 1.807) is 30.3 Å². The van der Waals surface area contributed by atoms with Crippen LogP contribution >= 0.6 is 39.1 Å². The van der Waals surface area contributed by atoms with Crippen LogP contribution in [0.2, 0.25) is 10.0 Å². The molecule has 1 heterocycles. The van der Waals surface area contributed by atoms with Crippen LogP contribution in [0, 0.1) is 0 Å². The second-order valence-electron chi connectivity index (χ2n) is 6.52. The second kappa shape index (κ2) is 10.2. The average molecular weight is 544 g/mol. The highest BCUT2D eigenvalue weighted by Crippen LogP contribution is 2.35. The molecule has 168 valence electrons. The van der Waals surface area contributed by atoms with Crippen molar-refractivity contribution < 1.29 is 28.6 Å². The molecule has 32 heavy (non-hydrogen) atoms. The molecule has 1 N–H and O–H groups in total. The van der Waals surface area contributed by atoms with E-state index < -0.39 is 24.5 Å². The molecule has 8 nitrogen and oxygen atoms in total. The van der Waals surface area contributed by atoms with Gasteiger partial charge in [-0.1, -0.05) is 45.2 Å². The summed E-state index contributed by atoms with van der Waals surface area (Å²) in [5, 5.41) is 3.32. The third-order valence-electron chi connectivity index (χ3n) is 4.44. The van der Waals surface area contributed by atoms with Gasteiger partial charge in [0.25, 0.3) is 5.91 Å². The molecule has 3 amide bonds. The molecular formula is C21H17BrCl2N2O6. The lowest BCUT2D eigenvalue weighted by Crippen LogP contribution is -2.36. The number of hydrogen-bond donors (Lipinski definition) is 1. The van der Waals surface area contributed by atoms with Crippen LogP contribution in [0.25, 0.3) is 6.08 Å². The number of carbonyl (C=O) groups is 3. The fraction of sp³-hybridized carbons (Fsp3) is 0.190. The molecule has 0 unspecified atom stereocenters. The molecule has 1 aliphatic rings. The van der Waals surface area contributed by atoms with E-state index in [4.69, 9.17) is 32.7 Å². The summed E-state index contributed by atoms with van der Waals surface area (Å²) in [6.07, 6.45) is 1.47. The van der Waals surface area contributed by atoms with E-state index in [2.05, 4.69) is 26.0 Å². The van der Waals surface area contributed by atoms with E-state index in [9.17, 15) is 14.4 Å². The summed E-state index contributed by atoms with van der Waals surface area (Å²) in [4.78, 5) is 36.7. The summed E-state index contributed by atoms with van der Waals surface area (Å²) < 4.78 is 16.4. The highest BCUT2D eigenvalue weighted by Gasteiger charge is 2.35. The maximum Gasteiger partial charge on any atom is 0.329 e. The van der Waals surface area contributed by atoms with Gasteiger partial charge in [-0.25, -0.2) is 9.69 Å². The van der Waals surface area contributed by atoms with Crippen LogP contribution in [0.4, 0.5) is 4.79 Å². The van der Waals surface area contributed by atoms with Crippen molar-refractivity contribution in [3.63, 3.8) is 0 Å². The predicted octanol–water partition coefficient (Wildman–Crippen LogP) is 4.41. The van der Waals surface area contributed by atoms with Crippen molar-refractivity contribution in [3.8, 4) is 11.5 Å². The fourth-order valence-electron chi connectivity index (χ4n) is 2.79. The van der Waals surface area contributed by atoms with E-state index in [0.29, 0.717) is 31.6 Å². The first kappa shape index (κ1) is 23.9. The highest BCUT2D eigenvalue weighted by atomic mass is 79.9. The molecule has 1 aliphatic heterocycles. The molecular weight excluding hydrogens is 527 g/mol. The Kier molecular flexibility index (Phi) is 7.65. The summed E-state index contributed by atoms with van der Waals surface area (Å²) >= 11 is 15.4. The smallest absolute Gasteiger partial charge is 0.329 e. The zero-order chi connectivity index (χ0) is 23.4. The Balaban J connectivity index is 1.81. The van der Waals surface area contributed by atoms with Crippen LogP contribution in [0.15, 0.2) is 40.5 Å². The monoisotopic (exact) mass is 542 g/mol. The van der Waals surface area contributed by atoms with E-state index >= 15 is 0 Å². The standard InChI is InChI=1S/C21H17BrCl2N2O6/c1-30-17-7-12(6-16-20(28)26(21(29)25-16)9-19(27)31-2)13(22)8-18(17)32-10-11-3-4-14(23)15(24)5-11/h3-8H,9-10H2,1-2H3,(H,25,29)/b16-6+. The lowest BCUT2D eigenvalue weighted by Gasteiger charge is -2.13. The lowest BCUT2D eigenvalue weighted by molar-refractivity contribution is -0.143. The largest absolute Gasteiger partial charge is 0.493 e. The molecule has 1 saturated heterocycles. The summed E-state index contributed by atoms with van der Waals surface area (Å²) in [6.45, 7) is -0.262. The van der Waals surface area contributed by atoms with Crippen molar-refractivity contribution in [1.29, 1.82) is 0 Å². The van der Waals surface area contributed by atoms with Crippen molar-refractivity contribution >= 4 is 63.1 Å². The first-order valence-electron chi connectivity index (χ1n) is 9.09. The van der Waals surface area contributed by atoms with Gasteiger partial charge in [0, 0.05) is 4.47 Å². The Labute approximate surface area is 202 Å². The summed E-state index contributed by atoms with van der Waals surface area (Å²) in [7, 11) is 2.65. The Morgan fingerprint density at radius 1 is 1.12 bits per heavy atom. The first-order valence-corrected chi connectivity index (χ1v) is 10.6. The van der Waals surface area contributed by atoms with Crippen LogP contribution < -0.4 is 14.8 Å². The number of benzene rings is 2. The van der Waals surface area contributed by atoms with Gasteiger partial charge in [0.15, 0.2) is 11.5 Å². The normalized spacial score (nSPS) is 14.5. The maximum atomic E-state index is 12.5. The van der Waals surface area contributed by atoms with Crippen LogP contribution in [0.3, 0.4) is 0 Å². The van der Waals surface area contributed by atoms with Crippen LogP contribution in [-0.2, 0) is 20.9 Å². The van der Waals surface area contributed by atoms with E-state index in [-0.39, 0.29) is 12.3 Å². The lowest BCUT2D eigenvalue weighted by atomic mass is 10.1. The molecule has 2 aromatic carbocycles. The number of halogens is 3. The van der Waals surface area contributed by atoms with Gasteiger partial charge in [-0.15, -0.1) is 0 Å².